The van der Waals surface area contributed by atoms with E-state index in [-0.39, 0.29) is 5.02 Å². The van der Waals surface area contributed by atoms with Crippen molar-refractivity contribution in [3.8, 4) is 0 Å². The molecule has 0 amide bonds. The lowest BCUT2D eigenvalue weighted by Gasteiger charge is -2.02. The SMILES string of the molecule is C=C(C)Cc1c(Cl)c(=O)c1=O. The number of rotatable bonds is 2. The summed E-state index contributed by atoms with van der Waals surface area (Å²) in [6.07, 6.45) is 0.420. The van der Waals surface area contributed by atoms with Gasteiger partial charge in [-0.1, -0.05) is 23.8 Å². The Morgan fingerprint density at radius 3 is 2.36 bits per heavy atom. The number of hydrogen-bond donors (Lipinski definition) is 0. The predicted octanol–water partition coefficient (Wildman–Crippen LogP) is 1.05. The third kappa shape index (κ3) is 1.26. The van der Waals surface area contributed by atoms with Gasteiger partial charge in [-0.05, 0) is 13.3 Å². The second-order valence-electron chi connectivity index (χ2n) is 2.58. The van der Waals surface area contributed by atoms with Crippen molar-refractivity contribution in [2.75, 3.05) is 0 Å². The molecule has 0 aliphatic carbocycles. The Hall–Kier alpha value is -0.890. The standard InChI is InChI=1S/C8H7ClO2/c1-4(2)3-5-6(9)8(11)7(5)10/h1,3H2,2H3. The molecule has 0 unspecified atom stereocenters. The van der Waals surface area contributed by atoms with Crippen LogP contribution in [0.5, 0.6) is 0 Å². The summed E-state index contributed by atoms with van der Waals surface area (Å²) in [4.78, 5) is 21.4. The fourth-order valence-electron chi connectivity index (χ4n) is 0.871. The van der Waals surface area contributed by atoms with E-state index >= 15 is 0 Å². The molecule has 0 atom stereocenters. The van der Waals surface area contributed by atoms with Crippen molar-refractivity contribution < 1.29 is 0 Å². The highest BCUT2D eigenvalue weighted by Gasteiger charge is 2.17. The summed E-state index contributed by atoms with van der Waals surface area (Å²) in [7, 11) is 0. The fourth-order valence-corrected chi connectivity index (χ4v) is 1.11. The summed E-state index contributed by atoms with van der Waals surface area (Å²) in [5.41, 5.74) is 0.212. The molecule has 0 saturated heterocycles. The van der Waals surface area contributed by atoms with Crippen molar-refractivity contribution in [1.82, 2.24) is 0 Å². The number of halogens is 1. The van der Waals surface area contributed by atoms with Crippen LogP contribution in [0.1, 0.15) is 12.5 Å². The average molecular weight is 171 g/mol. The number of allylic oxidation sites excluding steroid dienone is 1. The van der Waals surface area contributed by atoms with E-state index in [1.807, 2.05) is 0 Å². The smallest absolute Gasteiger partial charge is 0.244 e. The first-order chi connectivity index (χ1) is 5.04. The summed E-state index contributed by atoms with van der Waals surface area (Å²) < 4.78 is 0. The summed E-state index contributed by atoms with van der Waals surface area (Å²) in [6, 6.07) is 0. The Morgan fingerprint density at radius 2 is 2.00 bits per heavy atom. The predicted molar refractivity (Wildman–Crippen MR) is 44.9 cm³/mol. The van der Waals surface area contributed by atoms with Gasteiger partial charge >= 0.3 is 0 Å². The van der Waals surface area contributed by atoms with E-state index in [2.05, 4.69) is 6.58 Å². The van der Waals surface area contributed by atoms with Gasteiger partial charge in [0.15, 0.2) is 0 Å². The lowest BCUT2D eigenvalue weighted by Crippen LogP contribution is -2.35. The maximum absolute atomic E-state index is 10.8. The summed E-state index contributed by atoms with van der Waals surface area (Å²) in [6.45, 7) is 5.40. The molecule has 0 aliphatic heterocycles. The fraction of sp³-hybridized carbons (Fsp3) is 0.250. The molecule has 0 saturated carbocycles. The topological polar surface area (TPSA) is 34.1 Å². The second kappa shape index (κ2) is 2.62. The largest absolute Gasteiger partial charge is 0.285 e. The van der Waals surface area contributed by atoms with E-state index in [0.717, 1.165) is 5.57 Å². The van der Waals surface area contributed by atoms with E-state index in [1.54, 1.807) is 6.92 Å². The second-order valence-corrected chi connectivity index (χ2v) is 2.96. The van der Waals surface area contributed by atoms with Crippen molar-refractivity contribution in [2.24, 2.45) is 0 Å². The highest BCUT2D eigenvalue weighted by atomic mass is 35.5. The number of hydrogen-bond acceptors (Lipinski definition) is 2. The van der Waals surface area contributed by atoms with E-state index in [9.17, 15) is 9.59 Å². The molecule has 58 valence electrons. The van der Waals surface area contributed by atoms with Crippen LogP contribution in [0.4, 0.5) is 0 Å². The lowest BCUT2D eigenvalue weighted by atomic mass is 10.0. The van der Waals surface area contributed by atoms with Gasteiger partial charge in [-0.15, -0.1) is 0 Å². The van der Waals surface area contributed by atoms with Crippen LogP contribution >= 0.6 is 11.6 Å². The molecule has 1 rings (SSSR count). The minimum atomic E-state index is -0.567. The Kier molecular flexibility index (Phi) is 1.96. The minimum Gasteiger partial charge on any atom is -0.285 e. The first-order valence-corrected chi connectivity index (χ1v) is 3.54. The van der Waals surface area contributed by atoms with Gasteiger partial charge < -0.3 is 0 Å². The van der Waals surface area contributed by atoms with Gasteiger partial charge in [0.1, 0.15) is 0 Å². The molecule has 0 fully saturated rings. The Morgan fingerprint density at radius 1 is 1.45 bits per heavy atom. The highest BCUT2D eigenvalue weighted by molar-refractivity contribution is 6.31. The molecular formula is C8H7ClO2. The van der Waals surface area contributed by atoms with Crippen LogP contribution in [-0.4, -0.2) is 0 Å². The van der Waals surface area contributed by atoms with Gasteiger partial charge in [0.05, 0.1) is 5.02 Å². The van der Waals surface area contributed by atoms with Gasteiger partial charge in [-0.2, -0.15) is 0 Å². The Balaban J connectivity index is 3.00. The average Bonchev–Trinajstić information content (AvgIpc) is 1.98. The van der Waals surface area contributed by atoms with Gasteiger partial charge in [-0.25, -0.2) is 0 Å². The van der Waals surface area contributed by atoms with Gasteiger partial charge in [0, 0.05) is 5.56 Å². The van der Waals surface area contributed by atoms with Crippen LogP contribution < -0.4 is 10.9 Å². The quantitative estimate of drug-likeness (QED) is 0.491. The third-order valence-corrected chi connectivity index (χ3v) is 1.82. The maximum atomic E-state index is 10.8. The molecule has 0 heterocycles. The molecule has 0 aliphatic rings. The Labute approximate surface area is 68.8 Å². The van der Waals surface area contributed by atoms with Crippen LogP contribution in [0.3, 0.4) is 0 Å². The zero-order valence-corrected chi connectivity index (χ0v) is 6.86. The molecule has 3 heteroatoms. The van der Waals surface area contributed by atoms with Crippen LogP contribution in [0.25, 0.3) is 0 Å². The van der Waals surface area contributed by atoms with E-state index in [1.165, 1.54) is 0 Å². The zero-order valence-electron chi connectivity index (χ0n) is 6.11. The van der Waals surface area contributed by atoms with E-state index < -0.39 is 10.9 Å². The van der Waals surface area contributed by atoms with Crippen LogP contribution in [0.2, 0.25) is 5.02 Å². The zero-order chi connectivity index (χ0) is 8.59. The molecule has 11 heavy (non-hydrogen) atoms. The summed E-state index contributed by atoms with van der Waals surface area (Å²) >= 11 is 5.47. The first kappa shape index (κ1) is 8.21. The molecule has 0 radical (unpaired) electrons. The third-order valence-electron chi connectivity index (χ3n) is 1.42. The van der Waals surface area contributed by atoms with Crippen molar-refractivity contribution in [3.63, 3.8) is 0 Å². The first-order valence-electron chi connectivity index (χ1n) is 3.16. The van der Waals surface area contributed by atoms with Crippen LogP contribution in [0, 0.1) is 0 Å². The van der Waals surface area contributed by atoms with Gasteiger partial charge in [0.25, 0.3) is 0 Å². The van der Waals surface area contributed by atoms with Crippen molar-refractivity contribution in [3.05, 3.63) is 43.2 Å². The van der Waals surface area contributed by atoms with Gasteiger partial charge in [0.2, 0.25) is 10.9 Å². The van der Waals surface area contributed by atoms with Crippen molar-refractivity contribution in [1.29, 1.82) is 0 Å². The monoisotopic (exact) mass is 170 g/mol. The van der Waals surface area contributed by atoms with Crippen molar-refractivity contribution >= 4 is 11.6 Å². The summed E-state index contributed by atoms with van der Waals surface area (Å²) in [5.74, 6) is 0. The molecule has 1 aromatic carbocycles. The molecule has 0 spiro atoms. The summed E-state index contributed by atoms with van der Waals surface area (Å²) in [5, 5.41) is 0.0815. The van der Waals surface area contributed by atoms with E-state index in [4.69, 9.17) is 11.6 Å². The minimum absolute atomic E-state index is 0.0815. The van der Waals surface area contributed by atoms with Crippen LogP contribution in [-0.2, 0) is 6.42 Å². The maximum Gasteiger partial charge on any atom is 0.244 e. The molecule has 0 N–H and O–H groups in total. The highest BCUT2D eigenvalue weighted by Crippen LogP contribution is 2.11. The molecule has 0 aromatic heterocycles. The molecule has 0 bridgehead atoms. The van der Waals surface area contributed by atoms with Crippen LogP contribution in [0.15, 0.2) is 21.7 Å². The molecule has 2 nitrogen and oxygen atoms in total. The molecular weight excluding hydrogens is 164 g/mol. The molecule has 1 aromatic rings. The van der Waals surface area contributed by atoms with E-state index in [0.29, 0.717) is 12.0 Å². The normalized spacial score (nSPS) is 10.4. The lowest BCUT2D eigenvalue weighted by molar-refractivity contribution is 1.09. The van der Waals surface area contributed by atoms with Crippen molar-refractivity contribution in [2.45, 2.75) is 13.3 Å². The Bertz CT molecular complexity index is 369. The van der Waals surface area contributed by atoms with Gasteiger partial charge in [-0.3, -0.25) is 9.59 Å².